The van der Waals surface area contributed by atoms with Gasteiger partial charge in [0.1, 0.15) is 10.6 Å². The van der Waals surface area contributed by atoms with E-state index in [0.29, 0.717) is 0 Å². The molecule has 5 heteroatoms. The molecule has 4 nitrogen and oxygen atoms in total. The van der Waals surface area contributed by atoms with Crippen LogP contribution in [-0.4, -0.2) is 16.7 Å². The molecule has 1 fully saturated rings. The monoisotopic (exact) mass is 282 g/mol. The Labute approximate surface area is 118 Å². The van der Waals surface area contributed by atoms with Crippen LogP contribution in [0.25, 0.3) is 0 Å². The maximum Gasteiger partial charge on any atom is 0.408 e. The summed E-state index contributed by atoms with van der Waals surface area (Å²) < 4.78 is 5.38. The van der Waals surface area contributed by atoms with Crippen molar-refractivity contribution in [1.29, 1.82) is 0 Å². The molecule has 1 saturated carbocycles. The number of rotatable bonds is 2. The molecule has 0 saturated heterocycles. The van der Waals surface area contributed by atoms with Crippen LogP contribution < -0.4 is 5.32 Å². The van der Waals surface area contributed by atoms with Gasteiger partial charge in [-0.2, -0.15) is 0 Å². The van der Waals surface area contributed by atoms with E-state index in [1.165, 1.54) is 0 Å². The molecular formula is C14H22N2O2S. The lowest BCUT2D eigenvalue weighted by atomic mass is 9.99. The normalized spacial score (nSPS) is 18.3. The maximum atomic E-state index is 12.0. The Balaban J connectivity index is 2.15. The number of aryl methyl sites for hydroxylation is 1. The number of hydrogen-bond donors (Lipinski definition) is 1. The van der Waals surface area contributed by atoms with Crippen LogP contribution >= 0.6 is 11.3 Å². The number of thiazole rings is 1. The van der Waals surface area contributed by atoms with E-state index in [2.05, 4.69) is 10.3 Å². The Morgan fingerprint density at radius 2 is 2.05 bits per heavy atom. The number of ether oxygens (including phenoxy) is 1. The van der Waals surface area contributed by atoms with E-state index in [-0.39, 0.29) is 11.6 Å². The van der Waals surface area contributed by atoms with Gasteiger partial charge in [0.05, 0.1) is 5.54 Å². The molecule has 0 aliphatic heterocycles. The zero-order valence-corrected chi connectivity index (χ0v) is 12.9. The van der Waals surface area contributed by atoms with Gasteiger partial charge in [0, 0.05) is 11.1 Å². The molecule has 1 aliphatic carbocycles. The summed E-state index contributed by atoms with van der Waals surface area (Å²) in [4.78, 5) is 16.6. The topological polar surface area (TPSA) is 51.2 Å². The van der Waals surface area contributed by atoms with E-state index in [1.54, 1.807) is 11.3 Å². The highest BCUT2D eigenvalue weighted by molar-refractivity contribution is 7.09. The number of nitrogens with one attached hydrogen (secondary N) is 1. The summed E-state index contributed by atoms with van der Waals surface area (Å²) in [6.07, 6.45) is 3.78. The number of hydrogen-bond acceptors (Lipinski definition) is 4. The molecule has 1 N–H and O–H groups in total. The number of carbonyl (C=O) groups is 1. The number of nitrogens with zero attached hydrogens (tertiary/aromatic N) is 1. The fourth-order valence-corrected chi connectivity index (χ4v) is 3.46. The standard InChI is InChI=1S/C14H22N2O2S/c1-10-9-19-11(15-10)14(7-5-6-8-14)16-12(17)18-13(2,3)4/h9H,5-8H2,1-4H3,(H,16,17). The minimum atomic E-state index is -0.470. The zero-order chi connectivity index (χ0) is 14.1. The fourth-order valence-electron chi connectivity index (χ4n) is 2.44. The number of amides is 1. The van der Waals surface area contributed by atoms with Crippen molar-refractivity contribution in [3.8, 4) is 0 Å². The Hall–Kier alpha value is -1.10. The minimum Gasteiger partial charge on any atom is -0.444 e. The summed E-state index contributed by atoms with van der Waals surface area (Å²) >= 11 is 1.62. The molecule has 0 aromatic carbocycles. The molecule has 0 atom stereocenters. The highest BCUT2D eigenvalue weighted by atomic mass is 32.1. The van der Waals surface area contributed by atoms with Crippen LogP contribution in [0.4, 0.5) is 4.79 Å². The summed E-state index contributed by atoms with van der Waals surface area (Å²) in [5.41, 5.74) is 0.224. The lowest BCUT2D eigenvalue weighted by Gasteiger charge is -2.30. The maximum absolute atomic E-state index is 12.0. The second-order valence-corrected chi connectivity index (χ2v) is 7.07. The molecule has 1 aliphatic rings. The third-order valence-corrected chi connectivity index (χ3v) is 4.39. The second-order valence-electron chi connectivity index (χ2n) is 6.21. The van der Waals surface area contributed by atoms with Crippen LogP contribution in [0.5, 0.6) is 0 Å². The van der Waals surface area contributed by atoms with Crippen LogP contribution in [0.15, 0.2) is 5.38 Å². The third kappa shape index (κ3) is 3.47. The van der Waals surface area contributed by atoms with Crippen molar-refractivity contribution in [3.05, 3.63) is 16.1 Å². The van der Waals surface area contributed by atoms with E-state index < -0.39 is 5.60 Å². The molecule has 1 aromatic rings. The summed E-state index contributed by atoms with van der Waals surface area (Å²) in [5.74, 6) is 0. The van der Waals surface area contributed by atoms with E-state index >= 15 is 0 Å². The lowest BCUT2D eigenvalue weighted by Crippen LogP contribution is -2.46. The van der Waals surface area contributed by atoms with Gasteiger partial charge in [-0.15, -0.1) is 11.3 Å². The van der Waals surface area contributed by atoms with Crippen molar-refractivity contribution >= 4 is 17.4 Å². The molecule has 1 amide bonds. The first-order chi connectivity index (χ1) is 8.81. The largest absolute Gasteiger partial charge is 0.444 e. The van der Waals surface area contributed by atoms with Crippen LogP contribution in [0.1, 0.15) is 57.2 Å². The average Bonchev–Trinajstić information content (AvgIpc) is 2.84. The van der Waals surface area contributed by atoms with Crippen molar-refractivity contribution in [3.63, 3.8) is 0 Å². The molecule has 106 valence electrons. The molecule has 1 heterocycles. The van der Waals surface area contributed by atoms with Crippen LogP contribution in [0, 0.1) is 6.92 Å². The van der Waals surface area contributed by atoms with E-state index in [0.717, 1.165) is 36.4 Å². The molecule has 0 unspecified atom stereocenters. The van der Waals surface area contributed by atoms with E-state index in [4.69, 9.17) is 4.74 Å². The Morgan fingerprint density at radius 3 is 2.53 bits per heavy atom. The quantitative estimate of drug-likeness (QED) is 0.899. The minimum absolute atomic E-state index is 0.318. The van der Waals surface area contributed by atoms with Gasteiger partial charge < -0.3 is 10.1 Å². The van der Waals surface area contributed by atoms with Crippen LogP contribution in [-0.2, 0) is 10.3 Å². The van der Waals surface area contributed by atoms with Crippen molar-refractivity contribution in [2.75, 3.05) is 0 Å². The fraction of sp³-hybridized carbons (Fsp3) is 0.714. The number of carbonyl (C=O) groups excluding carboxylic acids is 1. The first-order valence-electron chi connectivity index (χ1n) is 6.75. The Bertz CT molecular complexity index is 456. The highest BCUT2D eigenvalue weighted by Crippen LogP contribution is 2.40. The number of alkyl carbamates (subject to hydrolysis) is 1. The molecular weight excluding hydrogens is 260 g/mol. The molecule has 0 bridgehead atoms. The summed E-state index contributed by atoms with van der Waals surface area (Å²) in [6.45, 7) is 7.61. The molecule has 19 heavy (non-hydrogen) atoms. The zero-order valence-electron chi connectivity index (χ0n) is 12.1. The van der Waals surface area contributed by atoms with Crippen LogP contribution in [0.2, 0.25) is 0 Å². The molecule has 1 aromatic heterocycles. The van der Waals surface area contributed by atoms with Gasteiger partial charge in [-0.3, -0.25) is 0 Å². The predicted octanol–water partition coefficient (Wildman–Crippen LogP) is 3.75. The van der Waals surface area contributed by atoms with Gasteiger partial charge in [0.15, 0.2) is 0 Å². The average molecular weight is 282 g/mol. The van der Waals surface area contributed by atoms with Crippen LogP contribution in [0.3, 0.4) is 0 Å². The van der Waals surface area contributed by atoms with Crippen molar-refractivity contribution < 1.29 is 9.53 Å². The van der Waals surface area contributed by atoms with Gasteiger partial charge in [-0.25, -0.2) is 9.78 Å². The van der Waals surface area contributed by atoms with Crippen molar-refractivity contribution in [2.45, 2.75) is 64.5 Å². The first kappa shape index (κ1) is 14.3. The summed E-state index contributed by atoms with van der Waals surface area (Å²) in [7, 11) is 0. The van der Waals surface area contributed by atoms with Crippen molar-refractivity contribution in [2.24, 2.45) is 0 Å². The molecule has 2 rings (SSSR count). The van der Waals surface area contributed by atoms with Gasteiger partial charge in [-0.05, 0) is 40.5 Å². The van der Waals surface area contributed by atoms with E-state index in [9.17, 15) is 4.79 Å². The molecule has 0 spiro atoms. The first-order valence-corrected chi connectivity index (χ1v) is 7.62. The lowest BCUT2D eigenvalue weighted by molar-refractivity contribution is 0.0453. The Kier molecular flexibility index (Phi) is 3.85. The SMILES string of the molecule is Cc1csc(C2(NC(=O)OC(C)(C)C)CCCC2)n1. The van der Waals surface area contributed by atoms with Gasteiger partial charge in [0.2, 0.25) is 0 Å². The van der Waals surface area contributed by atoms with Crippen molar-refractivity contribution in [1.82, 2.24) is 10.3 Å². The molecule has 0 radical (unpaired) electrons. The van der Waals surface area contributed by atoms with Gasteiger partial charge in [-0.1, -0.05) is 12.8 Å². The number of aromatic nitrogens is 1. The van der Waals surface area contributed by atoms with Gasteiger partial charge in [0.25, 0.3) is 0 Å². The smallest absolute Gasteiger partial charge is 0.408 e. The highest BCUT2D eigenvalue weighted by Gasteiger charge is 2.40. The third-order valence-electron chi connectivity index (χ3n) is 3.23. The summed E-state index contributed by atoms with van der Waals surface area (Å²) in [5, 5.41) is 6.11. The Morgan fingerprint density at radius 1 is 1.42 bits per heavy atom. The second kappa shape index (κ2) is 5.12. The predicted molar refractivity (Wildman–Crippen MR) is 76.4 cm³/mol. The van der Waals surface area contributed by atoms with E-state index in [1.807, 2.05) is 33.1 Å². The summed E-state index contributed by atoms with van der Waals surface area (Å²) in [6, 6.07) is 0. The van der Waals surface area contributed by atoms with Gasteiger partial charge >= 0.3 is 6.09 Å².